The van der Waals surface area contributed by atoms with Crippen molar-refractivity contribution in [2.75, 3.05) is 5.32 Å². The van der Waals surface area contributed by atoms with Crippen molar-refractivity contribution >= 4 is 35.0 Å². The highest BCUT2D eigenvalue weighted by atomic mass is 35.5. The quantitative estimate of drug-likeness (QED) is 0.688. The number of halogens is 1. The van der Waals surface area contributed by atoms with Crippen LogP contribution < -0.4 is 5.32 Å². The van der Waals surface area contributed by atoms with Gasteiger partial charge in [0.05, 0.1) is 11.6 Å². The van der Waals surface area contributed by atoms with Gasteiger partial charge in [0, 0.05) is 9.75 Å². The van der Waals surface area contributed by atoms with Crippen LogP contribution in [0.1, 0.15) is 38.6 Å². The number of nitrogens with zero attached hydrogens (tertiary/aromatic N) is 2. The van der Waals surface area contributed by atoms with Crippen molar-refractivity contribution in [1.29, 1.82) is 0 Å². The minimum atomic E-state index is 0.0506. The van der Waals surface area contributed by atoms with Gasteiger partial charge in [-0.1, -0.05) is 11.6 Å². The average molecular weight is 296 g/mol. The molecule has 1 N–H and O–H groups in total. The Morgan fingerprint density at radius 1 is 1.42 bits per heavy atom. The summed E-state index contributed by atoms with van der Waals surface area (Å²) in [6, 6.07) is 2.19. The molecule has 0 aliphatic rings. The fourth-order valence-electron chi connectivity index (χ4n) is 1.96. The number of carbonyl (C=O) groups is 1. The number of carbonyl (C=O) groups excluding carboxylic acids is 1. The molecule has 19 heavy (non-hydrogen) atoms. The van der Waals surface area contributed by atoms with Gasteiger partial charge >= 0.3 is 0 Å². The Balaban J connectivity index is 2.29. The van der Waals surface area contributed by atoms with E-state index in [1.807, 2.05) is 6.92 Å². The first-order valence-electron chi connectivity index (χ1n) is 5.82. The average Bonchev–Trinajstić information content (AvgIpc) is 2.69. The Kier molecular flexibility index (Phi) is 4.17. The Hall–Kier alpha value is -1.46. The van der Waals surface area contributed by atoms with Crippen LogP contribution in [0.25, 0.3) is 0 Å². The van der Waals surface area contributed by atoms with E-state index in [1.165, 1.54) is 21.6 Å². The predicted molar refractivity (Wildman–Crippen MR) is 78.3 cm³/mol. The van der Waals surface area contributed by atoms with Crippen molar-refractivity contribution in [3.05, 3.63) is 38.4 Å². The number of thiophene rings is 1. The lowest BCUT2D eigenvalue weighted by Crippen LogP contribution is -2.10. The molecule has 4 nitrogen and oxygen atoms in total. The number of aryl methyl sites for hydroxylation is 2. The maximum atomic E-state index is 11.0. The highest BCUT2D eigenvalue weighted by molar-refractivity contribution is 7.12. The first-order valence-corrected chi connectivity index (χ1v) is 7.01. The topological polar surface area (TPSA) is 54.9 Å². The van der Waals surface area contributed by atoms with Gasteiger partial charge in [-0.25, -0.2) is 9.97 Å². The summed E-state index contributed by atoms with van der Waals surface area (Å²) in [5, 5.41) is 3.38. The van der Waals surface area contributed by atoms with E-state index in [9.17, 15) is 4.79 Å². The van der Waals surface area contributed by atoms with Crippen LogP contribution in [-0.4, -0.2) is 16.3 Å². The predicted octanol–water partition coefficient (Wildman–Crippen LogP) is 3.79. The van der Waals surface area contributed by atoms with Crippen LogP contribution in [0.15, 0.2) is 12.4 Å². The van der Waals surface area contributed by atoms with Gasteiger partial charge in [-0.05, 0) is 32.4 Å². The SMILES string of the molecule is Cc1cc(C(C)Nc2ncnc(Cl)c2C=O)c(C)s1. The molecule has 1 atom stereocenters. The molecule has 6 heteroatoms. The van der Waals surface area contributed by atoms with Crippen LogP contribution in [0.2, 0.25) is 5.15 Å². The molecule has 2 rings (SSSR count). The van der Waals surface area contributed by atoms with Crippen molar-refractivity contribution in [3.63, 3.8) is 0 Å². The van der Waals surface area contributed by atoms with Gasteiger partial charge in [0.15, 0.2) is 6.29 Å². The number of aldehydes is 1. The first kappa shape index (κ1) is 14.0. The second-order valence-corrected chi connectivity index (χ2v) is 6.10. The third-order valence-electron chi connectivity index (χ3n) is 2.85. The maximum absolute atomic E-state index is 11.0. The van der Waals surface area contributed by atoms with Gasteiger partial charge in [0.1, 0.15) is 17.3 Å². The van der Waals surface area contributed by atoms with E-state index in [1.54, 1.807) is 11.3 Å². The summed E-state index contributed by atoms with van der Waals surface area (Å²) in [4.78, 5) is 21.4. The molecule has 0 bridgehead atoms. The van der Waals surface area contributed by atoms with Gasteiger partial charge < -0.3 is 5.32 Å². The van der Waals surface area contributed by atoms with Gasteiger partial charge in [-0.3, -0.25) is 4.79 Å². The lowest BCUT2D eigenvalue weighted by molar-refractivity contribution is 0.112. The molecule has 0 saturated heterocycles. The Morgan fingerprint density at radius 3 is 2.74 bits per heavy atom. The van der Waals surface area contributed by atoms with Crippen LogP contribution >= 0.6 is 22.9 Å². The van der Waals surface area contributed by atoms with Crippen molar-refractivity contribution in [2.45, 2.75) is 26.8 Å². The number of nitrogens with one attached hydrogen (secondary N) is 1. The molecular formula is C13H14ClN3OS. The molecule has 0 spiro atoms. The standard InChI is InChI=1S/C13H14ClN3OS/c1-7-4-10(9(3)19-7)8(2)17-13-11(5-18)12(14)15-6-16-13/h4-6,8H,1-3H3,(H,15,16,17). The molecule has 2 heterocycles. The summed E-state index contributed by atoms with van der Waals surface area (Å²) < 4.78 is 0. The molecule has 2 aromatic rings. The zero-order chi connectivity index (χ0) is 14.0. The van der Waals surface area contributed by atoms with E-state index in [2.05, 4.69) is 35.2 Å². The molecule has 0 aliphatic heterocycles. The summed E-state index contributed by atoms with van der Waals surface area (Å²) in [6.45, 7) is 6.18. The Labute approximate surface area is 120 Å². The van der Waals surface area contributed by atoms with Gasteiger partial charge in [0.2, 0.25) is 0 Å². The summed E-state index contributed by atoms with van der Waals surface area (Å²) in [7, 11) is 0. The van der Waals surface area contributed by atoms with Crippen molar-refractivity contribution in [3.8, 4) is 0 Å². The van der Waals surface area contributed by atoms with Crippen LogP contribution in [0.4, 0.5) is 5.82 Å². The number of anilines is 1. The smallest absolute Gasteiger partial charge is 0.156 e. The molecular weight excluding hydrogens is 282 g/mol. The lowest BCUT2D eigenvalue weighted by atomic mass is 10.1. The van der Waals surface area contributed by atoms with E-state index in [-0.39, 0.29) is 11.2 Å². The zero-order valence-corrected chi connectivity index (χ0v) is 12.5. The third kappa shape index (κ3) is 2.93. The molecule has 0 radical (unpaired) electrons. The van der Waals surface area contributed by atoms with Crippen LogP contribution in [-0.2, 0) is 0 Å². The Bertz CT molecular complexity index is 612. The summed E-state index contributed by atoms with van der Waals surface area (Å²) in [5.41, 5.74) is 1.50. The molecule has 0 saturated carbocycles. The van der Waals surface area contributed by atoms with E-state index >= 15 is 0 Å². The van der Waals surface area contributed by atoms with Crippen molar-refractivity contribution < 1.29 is 4.79 Å². The van der Waals surface area contributed by atoms with E-state index in [0.717, 1.165) is 0 Å². The molecule has 0 aliphatic carbocycles. The summed E-state index contributed by atoms with van der Waals surface area (Å²) in [5.74, 6) is 0.464. The minimum Gasteiger partial charge on any atom is -0.363 e. The molecule has 1 unspecified atom stereocenters. The fourth-order valence-corrected chi connectivity index (χ4v) is 3.16. The molecule has 100 valence electrons. The monoisotopic (exact) mass is 295 g/mol. The fraction of sp³-hybridized carbons (Fsp3) is 0.308. The molecule has 0 fully saturated rings. The highest BCUT2D eigenvalue weighted by Crippen LogP contribution is 2.29. The van der Waals surface area contributed by atoms with Crippen LogP contribution in [0.3, 0.4) is 0 Å². The minimum absolute atomic E-state index is 0.0506. The van der Waals surface area contributed by atoms with Crippen molar-refractivity contribution in [1.82, 2.24) is 9.97 Å². The first-order chi connectivity index (χ1) is 9.02. The molecule has 0 aromatic carbocycles. The van der Waals surface area contributed by atoms with Crippen LogP contribution in [0.5, 0.6) is 0 Å². The van der Waals surface area contributed by atoms with E-state index in [0.29, 0.717) is 17.7 Å². The van der Waals surface area contributed by atoms with E-state index < -0.39 is 0 Å². The summed E-state index contributed by atoms with van der Waals surface area (Å²) in [6.07, 6.45) is 2.01. The second kappa shape index (κ2) is 5.67. The molecule has 0 amide bonds. The normalized spacial score (nSPS) is 12.2. The van der Waals surface area contributed by atoms with Gasteiger partial charge in [-0.2, -0.15) is 0 Å². The van der Waals surface area contributed by atoms with Gasteiger partial charge in [0.25, 0.3) is 0 Å². The molecule has 2 aromatic heterocycles. The van der Waals surface area contributed by atoms with Gasteiger partial charge in [-0.15, -0.1) is 11.3 Å². The number of hydrogen-bond acceptors (Lipinski definition) is 5. The maximum Gasteiger partial charge on any atom is 0.156 e. The lowest BCUT2D eigenvalue weighted by Gasteiger charge is -2.15. The van der Waals surface area contributed by atoms with E-state index in [4.69, 9.17) is 11.6 Å². The highest BCUT2D eigenvalue weighted by Gasteiger charge is 2.15. The van der Waals surface area contributed by atoms with Crippen molar-refractivity contribution in [2.24, 2.45) is 0 Å². The number of aromatic nitrogens is 2. The largest absolute Gasteiger partial charge is 0.363 e. The second-order valence-electron chi connectivity index (χ2n) is 4.28. The number of hydrogen-bond donors (Lipinski definition) is 1. The Morgan fingerprint density at radius 2 is 2.16 bits per heavy atom. The summed E-state index contributed by atoms with van der Waals surface area (Å²) >= 11 is 7.63. The third-order valence-corrected chi connectivity index (χ3v) is 4.14. The number of rotatable bonds is 4. The van der Waals surface area contributed by atoms with Crippen LogP contribution in [0, 0.1) is 13.8 Å². The zero-order valence-electron chi connectivity index (χ0n) is 10.9.